The SMILES string of the molecule is CC1OC(c2ccccc2)OC2C(O)C(=O)OC12. The minimum absolute atomic E-state index is 0.310. The molecule has 1 aromatic carbocycles. The molecule has 2 saturated heterocycles. The van der Waals surface area contributed by atoms with Gasteiger partial charge < -0.3 is 19.3 Å². The molecule has 2 heterocycles. The van der Waals surface area contributed by atoms with Gasteiger partial charge in [0.2, 0.25) is 0 Å². The number of esters is 1. The number of hydrogen-bond acceptors (Lipinski definition) is 5. The van der Waals surface area contributed by atoms with Gasteiger partial charge in [0, 0.05) is 5.56 Å². The molecule has 3 rings (SSSR count). The highest BCUT2D eigenvalue weighted by atomic mass is 16.7. The van der Waals surface area contributed by atoms with Gasteiger partial charge in [-0.3, -0.25) is 0 Å². The minimum Gasteiger partial charge on any atom is -0.455 e. The summed E-state index contributed by atoms with van der Waals surface area (Å²) in [5.74, 6) is -0.644. The van der Waals surface area contributed by atoms with E-state index < -0.39 is 30.6 Å². The summed E-state index contributed by atoms with van der Waals surface area (Å²) in [7, 11) is 0. The largest absolute Gasteiger partial charge is 0.455 e. The van der Waals surface area contributed by atoms with Gasteiger partial charge in [-0.1, -0.05) is 30.3 Å². The molecule has 5 nitrogen and oxygen atoms in total. The lowest BCUT2D eigenvalue weighted by Gasteiger charge is -2.36. The highest BCUT2D eigenvalue weighted by Crippen LogP contribution is 2.36. The molecule has 0 radical (unpaired) electrons. The van der Waals surface area contributed by atoms with E-state index in [0.717, 1.165) is 5.56 Å². The smallest absolute Gasteiger partial charge is 0.338 e. The second kappa shape index (κ2) is 4.35. The van der Waals surface area contributed by atoms with Crippen LogP contribution in [0.3, 0.4) is 0 Å². The Balaban J connectivity index is 1.83. The van der Waals surface area contributed by atoms with Crippen LogP contribution in [-0.4, -0.2) is 35.5 Å². The molecule has 0 saturated carbocycles. The number of fused-ring (bicyclic) bond motifs is 1. The third-order valence-electron chi connectivity index (χ3n) is 3.28. The van der Waals surface area contributed by atoms with Gasteiger partial charge in [-0.15, -0.1) is 0 Å². The van der Waals surface area contributed by atoms with Crippen molar-refractivity contribution in [3.05, 3.63) is 35.9 Å². The van der Waals surface area contributed by atoms with Gasteiger partial charge in [-0.2, -0.15) is 0 Å². The van der Waals surface area contributed by atoms with Crippen molar-refractivity contribution in [3.8, 4) is 0 Å². The monoisotopic (exact) mass is 250 g/mol. The number of aliphatic hydroxyl groups excluding tert-OH is 1. The minimum atomic E-state index is -1.23. The maximum atomic E-state index is 11.3. The highest BCUT2D eigenvalue weighted by Gasteiger charge is 2.52. The van der Waals surface area contributed by atoms with Gasteiger partial charge in [0.15, 0.2) is 18.5 Å². The molecule has 0 aliphatic carbocycles. The molecule has 0 amide bonds. The van der Waals surface area contributed by atoms with Crippen molar-refractivity contribution in [1.29, 1.82) is 0 Å². The summed E-state index contributed by atoms with van der Waals surface area (Å²) < 4.78 is 16.3. The van der Waals surface area contributed by atoms with Gasteiger partial charge in [0.1, 0.15) is 6.10 Å². The van der Waals surface area contributed by atoms with Crippen LogP contribution in [0.15, 0.2) is 30.3 Å². The molecule has 5 atom stereocenters. The average Bonchev–Trinajstić information content (AvgIpc) is 2.68. The lowest BCUT2D eigenvalue weighted by atomic mass is 10.0. The molecule has 0 spiro atoms. The summed E-state index contributed by atoms with van der Waals surface area (Å²) >= 11 is 0. The van der Waals surface area contributed by atoms with Gasteiger partial charge >= 0.3 is 5.97 Å². The standard InChI is InChI=1S/C13H14O5/c1-7-10-11(9(14)12(15)17-10)18-13(16-7)8-5-3-2-4-6-8/h2-7,9-11,13-14H,1H3. The van der Waals surface area contributed by atoms with Crippen LogP contribution < -0.4 is 0 Å². The first-order valence-corrected chi connectivity index (χ1v) is 5.91. The number of carbonyl (C=O) groups excluding carboxylic acids is 1. The zero-order valence-electron chi connectivity index (χ0n) is 9.85. The van der Waals surface area contributed by atoms with E-state index in [1.54, 1.807) is 6.92 Å². The Labute approximate surface area is 104 Å². The first-order valence-electron chi connectivity index (χ1n) is 5.91. The summed E-state index contributed by atoms with van der Waals surface area (Å²) in [5.41, 5.74) is 0.856. The summed E-state index contributed by atoms with van der Waals surface area (Å²) in [6.07, 6.45) is -3.31. The van der Waals surface area contributed by atoms with Crippen molar-refractivity contribution < 1.29 is 24.1 Å². The van der Waals surface area contributed by atoms with Crippen LogP contribution in [0, 0.1) is 0 Å². The van der Waals surface area contributed by atoms with Gasteiger partial charge in [-0.05, 0) is 6.92 Å². The lowest BCUT2D eigenvalue weighted by Crippen LogP contribution is -2.47. The second-order valence-corrected chi connectivity index (χ2v) is 4.53. The number of benzene rings is 1. The lowest BCUT2D eigenvalue weighted by molar-refractivity contribution is -0.278. The van der Waals surface area contributed by atoms with Crippen LogP contribution in [0.2, 0.25) is 0 Å². The predicted octanol–water partition coefficient (Wildman–Crippen LogP) is 0.775. The number of aliphatic hydroxyl groups is 1. The Hall–Kier alpha value is -1.43. The normalized spacial score (nSPS) is 39.2. The van der Waals surface area contributed by atoms with E-state index in [1.807, 2.05) is 30.3 Å². The summed E-state index contributed by atoms with van der Waals surface area (Å²) in [5, 5.41) is 9.72. The van der Waals surface area contributed by atoms with Crippen LogP contribution in [-0.2, 0) is 19.0 Å². The molecule has 5 heteroatoms. The van der Waals surface area contributed by atoms with E-state index in [-0.39, 0.29) is 6.10 Å². The molecule has 18 heavy (non-hydrogen) atoms. The molecule has 2 aliphatic heterocycles. The fourth-order valence-corrected chi connectivity index (χ4v) is 2.31. The zero-order chi connectivity index (χ0) is 12.7. The van der Waals surface area contributed by atoms with E-state index in [2.05, 4.69) is 0 Å². The number of carbonyl (C=O) groups is 1. The van der Waals surface area contributed by atoms with Crippen LogP contribution in [0.5, 0.6) is 0 Å². The van der Waals surface area contributed by atoms with E-state index in [4.69, 9.17) is 14.2 Å². The Bertz CT molecular complexity index is 446. The van der Waals surface area contributed by atoms with Gasteiger partial charge in [0.05, 0.1) is 6.10 Å². The number of hydrogen-bond donors (Lipinski definition) is 1. The predicted molar refractivity (Wildman–Crippen MR) is 60.5 cm³/mol. The first kappa shape index (κ1) is 11.6. The third kappa shape index (κ3) is 1.80. The summed E-state index contributed by atoms with van der Waals surface area (Å²) in [6, 6.07) is 9.41. The van der Waals surface area contributed by atoms with Crippen LogP contribution >= 0.6 is 0 Å². The summed E-state index contributed by atoms with van der Waals surface area (Å²) in [4.78, 5) is 11.3. The first-order chi connectivity index (χ1) is 8.66. The Morgan fingerprint density at radius 2 is 1.83 bits per heavy atom. The van der Waals surface area contributed by atoms with Crippen LogP contribution in [0.4, 0.5) is 0 Å². The van der Waals surface area contributed by atoms with Crippen molar-refractivity contribution >= 4 is 5.97 Å². The fraction of sp³-hybridized carbons (Fsp3) is 0.462. The van der Waals surface area contributed by atoms with Crippen molar-refractivity contribution in [2.75, 3.05) is 0 Å². The van der Waals surface area contributed by atoms with Crippen molar-refractivity contribution in [2.45, 2.75) is 37.6 Å². The molecular formula is C13H14O5. The number of ether oxygens (including phenoxy) is 3. The Kier molecular flexibility index (Phi) is 2.81. The maximum absolute atomic E-state index is 11.3. The molecule has 96 valence electrons. The van der Waals surface area contributed by atoms with Crippen molar-refractivity contribution in [1.82, 2.24) is 0 Å². The summed E-state index contributed by atoms with van der Waals surface area (Å²) in [6.45, 7) is 1.81. The van der Waals surface area contributed by atoms with E-state index in [9.17, 15) is 9.90 Å². The fourth-order valence-electron chi connectivity index (χ4n) is 2.31. The number of rotatable bonds is 1. The third-order valence-corrected chi connectivity index (χ3v) is 3.28. The van der Waals surface area contributed by atoms with Crippen LogP contribution in [0.1, 0.15) is 18.8 Å². The average molecular weight is 250 g/mol. The topological polar surface area (TPSA) is 65.0 Å². The van der Waals surface area contributed by atoms with Gasteiger partial charge in [-0.25, -0.2) is 4.79 Å². The van der Waals surface area contributed by atoms with E-state index in [1.165, 1.54) is 0 Å². The highest BCUT2D eigenvalue weighted by molar-refractivity contribution is 5.78. The molecule has 1 aromatic rings. The maximum Gasteiger partial charge on any atom is 0.338 e. The molecule has 2 fully saturated rings. The molecule has 5 unspecified atom stereocenters. The molecular weight excluding hydrogens is 236 g/mol. The molecule has 2 aliphatic rings. The van der Waals surface area contributed by atoms with E-state index >= 15 is 0 Å². The molecule has 1 N–H and O–H groups in total. The van der Waals surface area contributed by atoms with Gasteiger partial charge in [0.25, 0.3) is 0 Å². The van der Waals surface area contributed by atoms with Crippen LogP contribution in [0.25, 0.3) is 0 Å². The zero-order valence-corrected chi connectivity index (χ0v) is 9.85. The Morgan fingerprint density at radius 3 is 2.56 bits per heavy atom. The van der Waals surface area contributed by atoms with Crippen molar-refractivity contribution in [3.63, 3.8) is 0 Å². The quantitative estimate of drug-likeness (QED) is 0.746. The van der Waals surface area contributed by atoms with Crippen molar-refractivity contribution in [2.24, 2.45) is 0 Å². The molecule has 0 bridgehead atoms. The molecule has 0 aromatic heterocycles. The Morgan fingerprint density at radius 1 is 1.11 bits per heavy atom. The second-order valence-electron chi connectivity index (χ2n) is 4.53. The van der Waals surface area contributed by atoms with E-state index in [0.29, 0.717) is 0 Å².